The third-order valence-electron chi connectivity index (χ3n) is 3.05. The highest BCUT2D eigenvalue weighted by atomic mass is 32.1. The van der Waals surface area contributed by atoms with Crippen molar-refractivity contribution in [1.29, 1.82) is 0 Å². The van der Waals surface area contributed by atoms with Crippen molar-refractivity contribution < 1.29 is 5.11 Å². The summed E-state index contributed by atoms with van der Waals surface area (Å²) < 4.78 is 0. The third kappa shape index (κ3) is 2.12. The predicted octanol–water partition coefficient (Wildman–Crippen LogP) is 1.18. The predicted molar refractivity (Wildman–Crippen MR) is 74.8 cm³/mol. The van der Waals surface area contributed by atoms with E-state index in [1.165, 1.54) is 11.3 Å². The van der Waals surface area contributed by atoms with Gasteiger partial charge >= 0.3 is 0 Å². The molecule has 0 unspecified atom stereocenters. The molecule has 0 saturated heterocycles. The molecule has 0 bridgehead atoms. The molecule has 2 heterocycles. The fourth-order valence-corrected chi connectivity index (χ4v) is 2.31. The van der Waals surface area contributed by atoms with E-state index >= 15 is 0 Å². The lowest BCUT2D eigenvalue weighted by atomic mass is 10.1. The smallest absolute Gasteiger partial charge is 0.240 e. The van der Waals surface area contributed by atoms with Crippen molar-refractivity contribution in [3.8, 4) is 0 Å². The van der Waals surface area contributed by atoms with Gasteiger partial charge in [0.25, 0.3) is 0 Å². The molecule has 0 aliphatic carbocycles. The summed E-state index contributed by atoms with van der Waals surface area (Å²) in [4.78, 5) is 11.5. The number of nitrogens with one attached hydrogen (secondary N) is 1. The first-order valence-electron chi connectivity index (χ1n) is 5.56. The number of nitrogens with zero attached hydrogens (tertiary/aromatic N) is 3. The van der Waals surface area contributed by atoms with Crippen LogP contribution < -0.4 is 16.2 Å². The summed E-state index contributed by atoms with van der Waals surface area (Å²) in [6.45, 7) is 3.93. The first-order valence-corrected chi connectivity index (χ1v) is 6.44. The van der Waals surface area contributed by atoms with E-state index in [2.05, 4.69) is 15.4 Å². The average molecular weight is 267 g/mol. The zero-order chi connectivity index (χ0) is 13.3. The molecular weight excluding hydrogens is 250 g/mol. The van der Waals surface area contributed by atoms with E-state index < -0.39 is 5.54 Å². The topological polar surface area (TPSA) is 87.3 Å². The van der Waals surface area contributed by atoms with Crippen LogP contribution in [0.5, 0.6) is 0 Å². The lowest BCUT2D eigenvalue weighted by Gasteiger charge is -2.35. The number of aliphatic hydroxyl groups is 1. The zero-order valence-electron chi connectivity index (χ0n) is 10.6. The molecule has 0 radical (unpaired) electrons. The van der Waals surface area contributed by atoms with Crippen LogP contribution in [0.4, 0.5) is 11.8 Å². The van der Waals surface area contributed by atoms with Gasteiger partial charge in [-0.15, -0.1) is 11.3 Å². The number of hydrazine groups is 1. The number of rotatable bonds is 4. The number of nitrogen functional groups attached to an aromatic ring is 1. The summed E-state index contributed by atoms with van der Waals surface area (Å²) in [5.41, 5.74) is 2.06. The number of aliphatic hydroxyl groups excluding tert-OH is 1. The standard InChI is InChI=1S/C11H17N5OS/c1-11(2,6-17)16(3)8-7-4-5-18-9(7)14-10(13-8)15-12/h4-5,17H,6,12H2,1-3H3,(H,13,14,15). The number of nitrogens with two attached hydrogens (primary N) is 1. The monoisotopic (exact) mass is 267 g/mol. The molecule has 0 aromatic carbocycles. The lowest BCUT2D eigenvalue weighted by molar-refractivity contribution is 0.216. The fourth-order valence-electron chi connectivity index (χ4n) is 1.55. The van der Waals surface area contributed by atoms with Crippen LogP contribution in [-0.4, -0.2) is 34.3 Å². The van der Waals surface area contributed by atoms with E-state index in [0.29, 0.717) is 5.95 Å². The molecular formula is C11H17N5OS. The second kappa shape index (κ2) is 4.68. The van der Waals surface area contributed by atoms with Crippen molar-refractivity contribution in [1.82, 2.24) is 9.97 Å². The van der Waals surface area contributed by atoms with Gasteiger partial charge in [-0.2, -0.15) is 4.98 Å². The molecule has 0 saturated carbocycles. The third-order valence-corrected chi connectivity index (χ3v) is 3.85. The van der Waals surface area contributed by atoms with Crippen LogP contribution in [-0.2, 0) is 0 Å². The summed E-state index contributed by atoms with van der Waals surface area (Å²) in [6, 6.07) is 1.97. The minimum absolute atomic E-state index is 0.0323. The molecule has 0 fully saturated rings. The summed E-state index contributed by atoms with van der Waals surface area (Å²) in [6.07, 6.45) is 0. The number of fused-ring (bicyclic) bond motifs is 1. The first-order chi connectivity index (χ1) is 8.49. The Hall–Kier alpha value is -1.44. The minimum atomic E-state index is -0.408. The molecule has 2 rings (SSSR count). The van der Waals surface area contributed by atoms with Gasteiger partial charge in [0.15, 0.2) is 0 Å². The van der Waals surface area contributed by atoms with Crippen molar-refractivity contribution in [3.63, 3.8) is 0 Å². The summed E-state index contributed by atoms with van der Waals surface area (Å²) in [5, 5.41) is 12.4. The van der Waals surface area contributed by atoms with E-state index in [4.69, 9.17) is 5.84 Å². The molecule has 2 aromatic rings. The van der Waals surface area contributed by atoms with Gasteiger partial charge in [-0.3, -0.25) is 5.43 Å². The molecule has 4 N–H and O–H groups in total. The Bertz CT molecular complexity index is 553. The molecule has 2 aromatic heterocycles. The molecule has 18 heavy (non-hydrogen) atoms. The van der Waals surface area contributed by atoms with E-state index in [0.717, 1.165) is 16.0 Å². The maximum atomic E-state index is 9.45. The summed E-state index contributed by atoms with van der Waals surface area (Å²) in [5.74, 6) is 6.52. The van der Waals surface area contributed by atoms with Crippen molar-refractivity contribution in [2.24, 2.45) is 5.84 Å². The summed E-state index contributed by atoms with van der Waals surface area (Å²) in [7, 11) is 1.90. The number of anilines is 2. The van der Waals surface area contributed by atoms with Gasteiger partial charge in [0.05, 0.1) is 17.5 Å². The van der Waals surface area contributed by atoms with Crippen LogP contribution >= 0.6 is 11.3 Å². The number of aromatic nitrogens is 2. The van der Waals surface area contributed by atoms with Gasteiger partial charge in [-0.05, 0) is 25.3 Å². The van der Waals surface area contributed by atoms with Crippen molar-refractivity contribution in [2.75, 3.05) is 24.0 Å². The van der Waals surface area contributed by atoms with E-state index in [9.17, 15) is 5.11 Å². The van der Waals surface area contributed by atoms with Crippen LogP contribution in [0.15, 0.2) is 11.4 Å². The number of thiophene rings is 1. The molecule has 0 atom stereocenters. The normalized spacial score (nSPS) is 11.8. The van der Waals surface area contributed by atoms with Crippen LogP contribution in [0.1, 0.15) is 13.8 Å². The van der Waals surface area contributed by atoms with E-state index in [1.807, 2.05) is 37.2 Å². The van der Waals surface area contributed by atoms with Crippen LogP contribution in [0, 0.1) is 0 Å². The second-order valence-corrected chi connectivity index (χ2v) is 5.58. The largest absolute Gasteiger partial charge is 0.394 e. The van der Waals surface area contributed by atoms with Crippen molar-refractivity contribution >= 4 is 33.3 Å². The van der Waals surface area contributed by atoms with Crippen LogP contribution in [0.2, 0.25) is 0 Å². The summed E-state index contributed by atoms with van der Waals surface area (Å²) >= 11 is 1.53. The van der Waals surface area contributed by atoms with Gasteiger partial charge in [0.2, 0.25) is 5.95 Å². The molecule has 0 amide bonds. The quantitative estimate of drug-likeness (QED) is 0.569. The van der Waals surface area contributed by atoms with Gasteiger partial charge in [0, 0.05) is 7.05 Å². The Morgan fingerprint density at radius 3 is 2.83 bits per heavy atom. The van der Waals surface area contributed by atoms with Gasteiger partial charge in [-0.1, -0.05) is 0 Å². The number of likely N-dealkylation sites (N-methyl/N-ethyl adjacent to an activating group) is 1. The zero-order valence-corrected chi connectivity index (χ0v) is 11.5. The Morgan fingerprint density at radius 1 is 1.50 bits per heavy atom. The highest BCUT2D eigenvalue weighted by Gasteiger charge is 2.26. The molecule has 0 aliphatic rings. The Morgan fingerprint density at radius 2 is 2.22 bits per heavy atom. The Balaban J connectivity index is 2.58. The highest BCUT2D eigenvalue weighted by Crippen LogP contribution is 2.31. The van der Waals surface area contributed by atoms with E-state index in [-0.39, 0.29) is 6.61 Å². The van der Waals surface area contributed by atoms with Crippen LogP contribution in [0.25, 0.3) is 10.2 Å². The lowest BCUT2D eigenvalue weighted by Crippen LogP contribution is -2.45. The Kier molecular flexibility index (Phi) is 3.38. The second-order valence-electron chi connectivity index (χ2n) is 4.68. The van der Waals surface area contributed by atoms with E-state index in [1.54, 1.807) is 0 Å². The Labute approximate surface area is 109 Å². The molecule has 6 nitrogen and oxygen atoms in total. The number of hydrogen-bond donors (Lipinski definition) is 3. The maximum Gasteiger partial charge on any atom is 0.240 e. The molecule has 98 valence electrons. The molecule has 7 heteroatoms. The van der Waals surface area contributed by atoms with Crippen molar-refractivity contribution in [2.45, 2.75) is 19.4 Å². The first kappa shape index (κ1) is 13.0. The maximum absolute atomic E-state index is 9.45. The minimum Gasteiger partial charge on any atom is -0.394 e. The molecule has 0 spiro atoms. The number of hydrogen-bond acceptors (Lipinski definition) is 7. The van der Waals surface area contributed by atoms with Gasteiger partial charge in [0.1, 0.15) is 10.6 Å². The van der Waals surface area contributed by atoms with Gasteiger partial charge in [-0.25, -0.2) is 10.8 Å². The van der Waals surface area contributed by atoms with Crippen molar-refractivity contribution in [3.05, 3.63) is 11.4 Å². The van der Waals surface area contributed by atoms with Gasteiger partial charge < -0.3 is 10.0 Å². The molecule has 0 aliphatic heterocycles. The highest BCUT2D eigenvalue weighted by molar-refractivity contribution is 7.16. The fraction of sp³-hybridized carbons (Fsp3) is 0.455. The average Bonchev–Trinajstić information content (AvgIpc) is 2.84. The van der Waals surface area contributed by atoms with Crippen LogP contribution in [0.3, 0.4) is 0 Å². The SMILES string of the molecule is CN(c1nc(NN)nc2sccc12)C(C)(C)CO.